The fourth-order valence-electron chi connectivity index (χ4n) is 3.47. The Bertz CT molecular complexity index is 1270. The van der Waals surface area contributed by atoms with Crippen LogP contribution < -0.4 is 10.1 Å². The van der Waals surface area contributed by atoms with Crippen molar-refractivity contribution >= 4 is 28.1 Å². The van der Waals surface area contributed by atoms with Crippen molar-refractivity contribution < 1.29 is 18.3 Å². The van der Waals surface area contributed by atoms with Crippen molar-refractivity contribution in [2.24, 2.45) is 0 Å². The lowest BCUT2D eigenvalue weighted by molar-refractivity contribution is -0.111. The highest BCUT2D eigenvalue weighted by Gasteiger charge is 2.15. The van der Waals surface area contributed by atoms with Gasteiger partial charge in [0.15, 0.2) is 0 Å². The number of methoxy groups -OCH3 is 1. The van der Waals surface area contributed by atoms with Crippen LogP contribution in [0, 0.1) is 12.7 Å². The van der Waals surface area contributed by atoms with Gasteiger partial charge < -0.3 is 14.5 Å². The number of anilines is 1. The van der Waals surface area contributed by atoms with Gasteiger partial charge in [-0.15, -0.1) is 0 Å². The Morgan fingerprint density at radius 1 is 1.06 bits per heavy atom. The summed E-state index contributed by atoms with van der Waals surface area (Å²) < 4.78 is 24.4. The van der Waals surface area contributed by atoms with E-state index in [0.29, 0.717) is 17.0 Å². The van der Waals surface area contributed by atoms with Gasteiger partial charge in [0.1, 0.15) is 17.1 Å². The Morgan fingerprint density at radius 2 is 1.77 bits per heavy atom. The third-order valence-electron chi connectivity index (χ3n) is 5.14. The first-order chi connectivity index (χ1) is 14.9. The monoisotopic (exact) mass is 415 g/mol. The maximum absolute atomic E-state index is 13.1. The van der Waals surface area contributed by atoms with Gasteiger partial charge in [-0.05, 0) is 55.3 Å². The number of fused-ring (bicyclic) bond motifs is 1. The largest absolute Gasteiger partial charge is 0.496 e. The molecule has 1 amide bonds. The summed E-state index contributed by atoms with van der Waals surface area (Å²) in [5.74, 6) is -0.0508. The summed E-state index contributed by atoms with van der Waals surface area (Å²) in [6, 6.07) is 17.7. The molecule has 0 atom stereocenters. The standard InChI is InChI=1S/C26H22FNO3/c1-16-4-6-18(7-5-16)23-15-31-25-14-24(30-3)21(13-22(23)25)17(2)12-26(29)28-20-10-8-19(27)9-11-20/h4-15H,1-3H3,(H,28,29)/b17-12+. The quantitative estimate of drug-likeness (QED) is 0.374. The molecule has 1 aromatic heterocycles. The molecule has 0 bridgehead atoms. The number of aryl methyl sites for hydroxylation is 1. The predicted octanol–water partition coefficient (Wildman–Crippen LogP) is 6.60. The molecule has 0 spiro atoms. The molecule has 4 nitrogen and oxygen atoms in total. The van der Waals surface area contributed by atoms with E-state index in [9.17, 15) is 9.18 Å². The maximum atomic E-state index is 13.1. The van der Waals surface area contributed by atoms with Crippen LogP contribution in [-0.4, -0.2) is 13.0 Å². The molecule has 0 unspecified atom stereocenters. The van der Waals surface area contributed by atoms with Crippen LogP contribution in [-0.2, 0) is 4.79 Å². The van der Waals surface area contributed by atoms with E-state index in [4.69, 9.17) is 9.15 Å². The van der Waals surface area contributed by atoms with Crippen molar-refractivity contribution in [2.75, 3.05) is 12.4 Å². The molecule has 0 aliphatic carbocycles. The smallest absolute Gasteiger partial charge is 0.248 e. The molecule has 0 saturated carbocycles. The minimum atomic E-state index is -0.354. The van der Waals surface area contributed by atoms with Crippen LogP contribution in [0.4, 0.5) is 10.1 Å². The maximum Gasteiger partial charge on any atom is 0.248 e. The Balaban J connectivity index is 1.70. The Labute approximate surface area is 180 Å². The summed E-state index contributed by atoms with van der Waals surface area (Å²) in [5.41, 5.74) is 5.96. The Morgan fingerprint density at radius 3 is 2.45 bits per heavy atom. The molecule has 0 saturated heterocycles. The summed E-state index contributed by atoms with van der Waals surface area (Å²) >= 11 is 0. The van der Waals surface area contributed by atoms with Gasteiger partial charge in [0, 0.05) is 34.3 Å². The minimum absolute atomic E-state index is 0.308. The van der Waals surface area contributed by atoms with Crippen molar-refractivity contribution in [1.82, 2.24) is 0 Å². The molecule has 3 aromatic carbocycles. The number of furan rings is 1. The van der Waals surface area contributed by atoms with Crippen molar-refractivity contribution in [1.29, 1.82) is 0 Å². The number of hydrogen-bond donors (Lipinski definition) is 1. The van der Waals surface area contributed by atoms with E-state index in [-0.39, 0.29) is 11.7 Å². The zero-order chi connectivity index (χ0) is 22.0. The fourth-order valence-corrected chi connectivity index (χ4v) is 3.47. The number of hydrogen-bond acceptors (Lipinski definition) is 3. The molecule has 4 aromatic rings. The first-order valence-electron chi connectivity index (χ1n) is 9.86. The Hall–Kier alpha value is -3.86. The first kappa shape index (κ1) is 20.4. The molecule has 0 aliphatic rings. The van der Waals surface area contributed by atoms with Crippen molar-refractivity contribution in [3.8, 4) is 16.9 Å². The second kappa shape index (κ2) is 8.48. The molecule has 4 rings (SSSR count). The van der Waals surface area contributed by atoms with Crippen LogP contribution in [0.15, 0.2) is 77.4 Å². The van der Waals surface area contributed by atoms with Crippen molar-refractivity contribution in [3.63, 3.8) is 0 Å². The average Bonchev–Trinajstić information content (AvgIpc) is 3.17. The topological polar surface area (TPSA) is 51.5 Å². The number of carbonyl (C=O) groups is 1. The number of ether oxygens (including phenoxy) is 1. The van der Waals surface area contributed by atoms with Crippen LogP contribution in [0.1, 0.15) is 18.1 Å². The zero-order valence-corrected chi connectivity index (χ0v) is 17.5. The summed E-state index contributed by atoms with van der Waals surface area (Å²) in [6.07, 6.45) is 3.23. The summed E-state index contributed by atoms with van der Waals surface area (Å²) in [4.78, 5) is 12.5. The number of nitrogens with one attached hydrogen (secondary N) is 1. The minimum Gasteiger partial charge on any atom is -0.496 e. The lowest BCUT2D eigenvalue weighted by Crippen LogP contribution is -2.08. The SMILES string of the molecule is COc1cc2occ(-c3ccc(C)cc3)c2cc1/C(C)=C/C(=O)Nc1ccc(F)cc1. The van der Waals surface area contributed by atoms with E-state index >= 15 is 0 Å². The Kier molecular flexibility index (Phi) is 5.58. The highest BCUT2D eigenvalue weighted by Crippen LogP contribution is 2.37. The second-order valence-corrected chi connectivity index (χ2v) is 7.39. The molecule has 31 heavy (non-hydrogen) atoms. The van der Waals surface area contributed by atoms with Crippen molar-refractivity contribution in [3.05, 3.63) is 89.9 Å². The fraction of sp³-hybridized carbons (Fsp3) is 0.115. The summed E-state index contributed by atoms with van der Waals surface area (Å²) in [6.45, 7) is 3.89. The molecule has 1 N–H and O–H groups in total. The normalized spacial score (nSPS) is 11.5. The number of allylic oxidation sites excluding steroid dienone is 1. The van der Waals surface area contributed by atoms with Gasteiger partial charge in [-0.1, -0.05) is 29.8 Å². The van der Waals surface area contributed by atoms with Crippen LogP contribution in [0.3, 0.4) is 0 Å². The van der Waals surface area contributed by atoms with E-state index in [0.717, 1.165) is 27.6 Å². The van der Waals surface area contributed by atoms with Gasteiger partial charge in [0.2, 0.25) is 5.91 Å². The van der Waals surface area contributed by atoms with Gasteiger partial charge in [-0.3, -0.25) is 4.79 Å². The number of halogens is 1. The van der Waals surface area contributed by atoms with E-state index in [1.54, 1.807) is 13.4 Å². The van der Waals surface area contributed by atoms with Crippen molar-refractivity contribution in [2.45, 2.75) is 13.8 Å². The zero-order valence-electron chi connectivity index (χ0n) is 17.5. The highest BCUT2D eigenvalue weighted by molar-refractivity contribution is 6.05. The number of benzene rings is 3. The van der Waals surface area contributed by atoms with Crippen LogP contribution >= 0.6 is 0 Å². The molecule has 1 heterocycles. The molecule has 0 aliphatic heterocycles. The summed E-state index contributed by atoms with van der Waals surface area (Å²) in [7, 11) is 1.58. The number of rotatable bonds is 5. The average molecular weight is 415 g/mol. The molecule has 0 radical (unpaired) electrons. The van der Waals surface area contributed by atoms with Gasteiger partial charge in [0.25, 0.3) is 0 Å². The van der Waals surface area contributed by atoms with Gasteiger partial charge in [-0.25, -0.2) is 4.39 Å². The predicted molar refractivity (Wildman–Crippen MR) is 122 cm³/mol. The van der Waals surface area contributed by atoms with Crippen LogP contribution in [0.25, 0.3) is 27.7 Å². The number of carbonyl (C=O) groups excluding carboxylic acids is 1. The van der Waals surface area contributed by atoms with E-state index in [1.165, 1.54) is 35.9 Å². The van der Waals surface area contributed by atoms with Crippen LogP contribution in [0.2, 0.25) is 0 Å². The van der Waals surface area contributed by atoms with E-state index < -0.39 is 0 Å². The molecular weight excluding hydrogens is 393 g/mol. The molecule has 5 heteroatoms. The number of amides is 1. The van der Waals surface area contributed by atoms with Gasteiger partial charge >= 0.3 is 0 Å². The first-order valence-corrected chi connectivity index (χ1v) is 9.86. The lowest BCUT2D eigenvalue weighted by Gasteiger charge is -2.10. The van der Waals surface area contributed by atoms with Crippen LogP contribution in [0.5, 0.6) is 5.75 Å². The molecular formula is C26H22FNO3. The van der Waals surface area contributed by atoms with Gasteiger partial charge in [-0.2, -0.15) is 0 Å². The third kappa shape index (κ3) is 4.36. The van der Waals surface area contributed by atoms with Gasteiger partial charge in [0.05, 0.1) is 13.4 Å². The lowest BCUT2D eigenvalue weighted by atomic mass is 9.99. The summed E-state index contributed by atoms with van der Waals surface area (Å²) in [5, 5.41) is 3.68. The molecule has 156 valence electrons. The molecule has 0 fully saturated rings. The van der Waals surface area contributed by atoms with E-state index in [2.05, 4.69) is 29.6 Å². The van der Waals surface area contributed by atoms with E-state index in [1.807, 2.05) is 26.0 Å². The third-order valence-corrected chi connectivity index (χ3v) is 5.14. The second-order valence-electron chi connectivity index (χ2n) is 7.39. The highest BCUT2D eigenvalue weighted by atomic mass is 19.1.